The van der Waals surface area contributed by atoms with Crippen LogP contribution >= 0.6 is 0 Å². The molecule has 168 valence electrons. The fraction of sp³-hybridized carbons (Fsp3) is 0.240. The minimum absolute atomic E-state index is 0.0922. The summed E-state index contributed by atoms with van der Waals surface area (Å²) in [6.45, 7) is 4.17. The summed E-state index contributed by atoms with van der Waals surface area (Å²) in [5.74, 6) is -0.359. The number of aryl methyl sites for hydroxylation is 1. The van der Waals surface area contributed by atoms with Gasteiger partial charge in [0, 0.05) is 13.2 Å². The summed E-state index contributed by atoms with van der Waals surface area (Å²) in [7, 11) is -2.37. The predicted molar refractivity (Wildman–Crippen MR) is 126 cm³/mol. The lowest BCUT2D eigenvalue weighted by atomic mass is 10.1. The van der Waals surface area contributed by atoms with Crippen LogP contribution in [0, 0.1) is 6.92 Å². The highest BCUT2D eigenvalue weighted by Gasteiger charge is 2.28. The van der Waals surface area contributed by atoms with E-state index >= 15 is 0 Å². The maximum Gasteiger partial charge on any atom is 0.264 e. The second-order valence-corrected chi connectivity index (χ2v) is 9.52. The van der Waals surface area contributed by atoms with Crippen LogP contribution in [0.2, 0.25) is 0 Å². The van der Waals surface area contributed by atoms with Crippen molar-refractivity contribution in [1.82, 2.24) is 5.32 Å². The minimum Gasteiger partial charge on any atom is -0.383 e. The van der Waals surface area contributed by atoms with E-state index < -0.39 is 10.0 Å². The SMILES string of the molecule is COC[C@H](C)NC(=O)c1ccccc1N(Cc1ccccc1)S(=O)(=O)c1ccc(C)cc1. The van der Waals surface area contributed by atoms with Gasteiger partial charge in [-0.1, -0.05) is 60.2 Å². The molecule has 0 bridgehead atoms. The molecule has 0 spiro atoms. The molecule has 3 aromatic carbocycles. The Bertz CT molecular complexity index is 1150. The van der Waals surface area contributed by atoms with Crippen LogP contribution in [0.1, 0.15) is 28.4 Å². The topological polar surface area (TPSA) is 75.7 Å². The molecule has 3 aromatic rings. The monoisotopic (exact) mass is 452 g/mol. The zero-order chi connectivity index (χ0) is 23.1. The number of hydrogen-bond donors (Lipinski definition) is 1. The van der Waals surface area contributed by atoms with Gasteiger partial charge < -0.3 is 10.1 Å². The number of para-hydroxylation sites is 1. The van der Waals surface area contributed by atoms with Gasteiger partial charge in [-0.05, 0) is 43.7 Å². The molecule has 0 aromatic heterocycles. The summed E-state index contributed by atoms with van der Waals surface area (Å²) in [6, 6.07) is 22.5. The fourth-order valence-electron chi connectivity index (χ4n) is 3.36. The second-order valence-electron chi connectivity index (χ2n) is 7.66. The van der Waals surface area contributed by atoms with Gasteiger partial charge in [0.25, 0.3) is 15.9 Å². The van der Waals surface area contributed by atoms with Crippen molar-refractivity contribution in [2.45, 2.75) is 31.3 Å². The van der Waals surface area contributed by atoms with E-state index in [-0.39, 0.29) is 29.0 Å². The summed E-state index contributed by atoms with van der Waals surface area (Å²) < 4.78 is 33.8. The summed E-state index contributed by atoms with van der Waals surface area (Å²) in [5.41, 5.74) is 2.37. The summed E-state index contributed by atoms with van der Waals surface area (Å²) in [6.07, 6.45) is 0. The zero-order valence-electron chi connectivity index (χ0n) is 18.5. The quantitative estimate of drug-likeness (QED) is 0.529. The molecule has 3 rings (SSSR count). The van der Waals surface area contributed by atoms with Gasteiger partial charge in [-0.2, -0.15) is 0 Å². The molecule has 0 aliphatic heterocycles. The van der Waals surface area contributed by atoms with Gasteiger partial charge >= 0.3 is 0 Å². The number of rotatable bonds is 9. The van der Waals surface area contributed by atoms with Gasteiger partial charge in [0.15, 0.2) is 0 Å². The van der Waals surface area contributed by atoms with E-state index in [4.69, 9.17) is 4.74 Å². The van der Waals surface area contributed by atoms with Crippen LogP contribution in [0.3, 0.4) is 0 Å². The first-order valence-corrected chi connectivity index (χ1v) is 11.8. The van der Waals surface area contributed by atoms with Gasteiger partial charge in [0.05, 0.1) is 29.3 Å². The lowest BCUT2D eigenvalue weighted by Crippen LogP contribution is -2.38. The molecular formula is C25H28N2O4S. The van der Waals surface area contributed by atoms with E-state index in [0.29, 0.717) is 12.3 Å². The Balaban J connectivity index is 2.08. The van der Waals surface area contributed by atoms with Crippen molar-refractivity contribution in [3.8, 4) is 0 Å². The van der Waals surface area contributed by atoms with Crippen molar-refractivity contribution in [1.29, 1.82) is 0 Å². The predicted octanol–water partition coefficient (Wildman–Crippen LogP) is 4.16. The number of anilines is 1. The molecule has 6 nitrogen and oxygen atoms in total. The maximum absolute atomic E-state index is 13.7. The Morgan fingerprint density at radius 2 is 1.59 bits per heavy atom. The zero-order valence-corrected chi connectivity index (χ0v) is 19.3. The molecule has 0 aliphatic rings. The van der Waals surface area contributed by atoms with Gasteiger partial charge in [-0.25, -0.2) is 8.42 Å². The number of sulfonamides is 1. The Kier molecular flexibility index (Phi) is 7.66. The molecule has 0 saturated heterocycles. The molecule has 1 N–H and O–H groups in total. The van der Waals surface area contributed by atoms with Crippen LogP contribution in [0.15, 0.2) is 83.8 Å². The van der Waals surface area contributed by atoms with E-state index in [1.807, 2.05) is 44.2 Å². The molecule has 0 unspecified atom stereocenters. The number of hydrogen-bond acceptors (Lipinski definition) is 4. The number of methoxy groups -OCH3 is 1. The van der Waals surface area contributed by atoms with Crippen molar-refractivity contribution in [2.75, 3.05) is 18.0 Å². The molecule has 1 atom stereocenters. The lowest BCUT2D eigenvalue weighted by Gasteiger charge is -2.27. The number of benzene rings is 3. The first-order chi connectivity index (χ1) is 15.3. The number of nitrogens with zero attached hydrogens (tertiary/aromatic N) is 1. The molecule has 0 fully saturated rings. The number of carbonyl (C=O) groups excluding carboxylic acids is 1. The van der Waals surface area contributed by atoms with Crippen molar-refractivity contribution in [3.05, 3.63) is 95.6 Å². The maximum atomic E-state index is 13.7. The van der Waals surface area contributed by atoms with Crippen LogP contribution in [-0.4, -0.2) is 34.1 Å². The third-order valence-corrected chi connectivity index (χ3v) is 6.76. The van der Waals surface area contributed by atoms with Crippen LogP contribution in [0.25, 0.3) is 0 Å². The largest absolute Gasteiger partial charge is 0.383 e. The Morgan fingerprint density at radius 1 is 0.969 bits per heavy atom. The van der Waals surface area contributed by atoms with Crippen molar-refractivity contribution in [2.24, 2.45) is 0 Å². The molecule has 32 heavy (non-hydrogen) atoms. The smallest absolute Gasteiger partial charge is 0.264 e. The Hall–Kier alpha value is -3.16. The third kappa shape index (κ3) is 5.55. The number of nitrogens with one attached hydrogen (secondary N) is 1. The minimum atomic E-state index is -3.94. The standard InChI is InChI=1S/C25H28N2O4S/c1-19-13-15-22(16-14-19)32(29,30)27(17-21-9-5-4-6-10-21)24-12-8-7-11-23(24)25(28)26-20(2)18-31-3/h4-16,20H,17-18H2,1-3H3,(H,26,28)/t20-/m0/s1. The average molecular weight is 453 g/mol. The van der Waals surface area contributed by atoms with Gasteiger partial charge in [0.1, 0.15) is 0 Å². The summed E-state index contributed by atoms with van der Waals surface area (Å²) in [4.78, 5) is 13.2. The van der Waals surface area contributed by atoms with Crippen LogP contribution in [0.4, 0.5) is 5.69 Å². The normalized spacial score (nSPS) is 12.2. The van der Waals surface area contributed by atoms with Gasteiger partial charge in [-0.15, -0.1) is 0 Å². The van der Waals surface area contributed by atoms with Gasteiger partial charge in [-0.3, -0.25) is 9.10 Å². The number of carbonyl (C=O) groups is 1. The first-order valence-electron chi connectivity index (χ1n) is 10.3. The highest BCUT2D eigenvalue weighted by atomic mass is 32.2. The van der Waals surface area contributed by atoms with E-state index in [1.54, 1.807) is 55.6 Å². The number of amides is 1. The van der Waals surface area contributed by atoms with Crippen molar-refractivity contribution >= 4 is 21.6 Å². The van der Waals surface area contributed by atoms with E-state index in [1.165, 1.54) is 4.31 Å². The van der Waals surface area contributed by atoms with Crippen LogP contribution in [-0.2, 0) is 21.3 Å². The first kappa shape index (κ1) is 23.5. The molecule has 0 heterocycles. The average Bonchev–Trinajstić information content (AvgIpc) is 2.78. The molecule has 0 radical (unpaired) electrons. The van der Waals surface area contributed by atoms with E-state index in [0.717, 1.165) is 11.1 Å². The molecule has 0 saturated carbocycles. The lowest BCUT2D eigenvalue weighted by molar-refractivity contribution is 0.0906. The summed E-state index contributed by atoms with van der Waals surface area (Å²) in [5, 5.41) is 2.87. The van der Waals surface area contributed by atoms with Gasteiger partial charge in [0.2, 0.25) is 0 Å². The van der Waals surface area contributed by atoms with E-state index in [2.05, 4.69) is 5.32 Å². The second kappa shape index (κ2) is 10.4. The van der Waals surface area contributed by atoms with E-state index in [9.17, 15) is 13.2 Å². The third-order valence-electron chi connectivity index (χ3n) is 4.99. The number of ether oxygens (including phenoxy) is 1. The van der Waals surface area contributed by atoms with Crippen LogP contribution < -0.4 is 9.62 Å². The molecule has 1 amide bonds. The Morgan fingerprint density at radius 3 is 2.25 bits per heavy atom. The highest BCUT2D eigenvalue weighted by Crippen LogP contribution is 2.29. The highest BCUT2D eigenvalue weighted by molar-refractivity contribution is 7.92. The molecule has 7 heteroatoms. The molecular weight excluding hydrogens is 424 g/mol. The Labute approximate surface area is 189 Å². The van der Waals surface area contributed by atoms with Crippen molar-refractivity contribution in [3.63, 3.8) is 0 Å². The fourth-order valence-corrected chi connectivity index (χ4v) is 4.83. The van der Waals surface area contributed by atoms with Crippen molar-refractivity contribution < 1.29 is 17.9 Å². The van der Waals surface area contributed by atoms with Crippen LogP contribution in [0.5, 0.6) is 0 Å². The molecule has 0 aliphatic carbocycles. The summed E-state index contributed by atoms with van der Waals surface area (Å²) >= 11 is 0.